The van der Waals surface area contributed by atoms with Gasteiger partial charge in [0.15, 0.2) is 0 Å². The molecule has 0 aliphatic carbocycles. The Labute approximate surface area is 123 Å². The van der Waals surface area contributed by atoms with Crippen LogP contribution in [0.5, 0.6) is 5.75 Å². The highest BCUT2D eigenvalue weighted by Crippen LogP contribution is 2.17. The first-order chi connectivity index (χ1) is 10.2. The summed E-state index contributed by atoms with van der Waals surface area (Å²) >= 11 is 0. The highest BCUT2D eigenvalue weighted by Gasteiger charge is 2.33. The minimum absolute atomic E-state index is 0.109. The van der Waals surface area contributed by atoms with Gasteiger partial charge in [-0.2, -0.15) is 0 Å². The van der Waals surface area contributed by atoms with Crippen molar-refractivity contribution in [1.82, 2.24) is 4.90 Å². The molecule has 1 fully saturated rings. The van der Waals surface area contributed by atoms with Crippen LogP contribution in [0.1, 0.15) is 12.8 Å². The van der Waals surface area contributed by atoms with E-state index in [0.717, 1.165) is 12.2 Å². The van der Waals surface area contributed by atoms with Crippen LogP contribution in [0, 0.1) is 0 Å². The van der Waals surface area contributed by atoms with Gasteiger partial charge in [0.05, 0.1) is 6.61 Å². The lowest BCUT2D eigenvalue weighted by Gasteiger charge is -2.21. The summed E-state index contributed by atoms with van der Waals surface area (Å²) in [6, 6.07) is 8.62. The number of amides is 1. The van der Waals surface area contributed by atoms with Gasteiger partial charge in [-0.15, -0.1) is 0 Å². The number of nitrogens with zero attached hydrogens (tertiary/aromatic N) is 1. The van der Waals surface area contributed by atoms with Gasteiger partial charge >= 0.3 is 5.97 Å². The average molecular weight is 293 g/mol. The van der Waals surface area contributed by atoms with Gasteiger partial charge in [0, 0.05) is 6.54 Å². The molecule has 6 heteroatoms. The number of carbonyl (C=O) groups is 2. The minimum atomic E-state index is -0.951. The van der Waals surface area contributed by atoms with Crippen LogP contribution in [-0.2, 0) is 14.3 Å². The largest absolute Gasteiger partial charge is 0.491 e. The third-order valence-corrected chi connectivity index (χ3v) is 3.32. The summed E-state index contributed by atoms with van der Waals surface area (Å²) in [7, 11) is 0. The van der Waals surface area contributed by atoms with Crippen LogP contribution in [0.15, 0.2) is 30.3 Å². The lowest BCUT2D eigenvalue weighted by atomic mass is 10.2. The first kappa shape index (κ1) is 15.3. The predicted octanol–water partition coefficient (Wildman–Crippen LogP) is 1.16. The van der Waals surface area contributed by atoms with E-state index in [4.69, 9.17) is 14.6 Å². The zero-order valence-electron chi connectivity index (χ0n) is 11.7. The number of carbonyl (C=O) groups excluding carboxylic acids is 1. The molecule has 0 unspecified atom stereocenters. The minimum Gasteiger partial charge on any atom is -0.491 e. The first-order valence-corrected chi connectivity index (χ1v) is 6.96. The second-order valence-electron chi connectivity index (χ2n) is 4.80. The van der Waals surface area contributed by atoms with Crippen LogP contribution in [0.4, 0.5) is 0 Å². The number of hydrogen-bond donors (Lipinski definition) is 1. The molecule has 1 saturated heterocycles. The van der Waals surface area contributed by atoms with Crippen LogP contribution < -0.4 is 4.74 Å². The van der Waals surface area contributed by atoms with Crippen molar-refractivity contribution in [1.29, 1.82) is 0 Å². The predicted molar refractivity (Wildman–Crippen MR) is 75.1 cm³/mol. The van der Waals surface area contributed by atoms with E-state index < -0.39 is 12.0 Å². The molecule has 2 rings (SSSR count). The van der Waals surface area contributed by atoms with Gasteiger partial charge in [-0.1, -0.05) is 18.2 Å². The Morgan fingerprint density at radius 2 is 2.00 bits per heavy atom. The normalized spacial score (nSPS) is 17.7. The Hall–Kier alpha value is -2.08. The Bertz CT molecular complexity index is 476. The SMILES string of the molecule is O=C(O)[C@@H]1CCCN1C(=O)COCCOc1ccccc1. The van der Waals surface area contributed by atoms with E-state index in [-0.39, 0.29) is 19.1 Å². The Balaban J connectivity index is 1.64. The zero-order chi connectivity index (χ0) is 15.1. The van der Waals surface area contributed by atoms with Gasteiger partial charge in [-0.3, -0.25) is 4.79 Å². The van der Waals surface area contributed by atoms with Gasteiger partial charge in [-0.05, 0) is 25.0 Å². The molecule has 0 aromatic heterocycles. The average Bonchev–Trinajstić information content (AvgIpc) is 2.97. The number of aliphatic carboxylic acids is 1. The van der Waals surface area contributed by atoms with E-state index in [9.17, 15) is 9.59 Å². The molecule has 1 aromatic rings. The molecule has 1 aromatic carbocycles. The molecule has 114 valence electrons. The number of hydrogen-bond acceptors (Lipinski definition) is 4. The summed E-state index contributed by atoms with van der Waals surface area (Å²) in [5.74, 6) is -0.481. The highest BCUT2D eigenvalue weighted by molar-refractivity contribution is 5.84. The molecule has 1 aliphatic heterocycles. The maximum atomic E-state index is 11.9. The van der Waals surface area contributed by atoms with Crippen LogP contribution >= 0.6 is 0 Å². The van der Waals surface area contributed by atoms with E-state index in [2.05, 4.69) is 0 Å². The number of likely N-dealkylation sites (tertiary alicyclic amines) is 1. The molecule has 1 aliphatic rings. The van der Waals surface area contributed by atoms with E-state index in [1.807, 2.05) is 30.3 Å². The summed E-state index contributed by atoms with van der Waals surface area (Å²) in [6.07, 6.45) is 1.23. The number of carboxylic acid groups (broad SMARTS) is 1. The third-order valence-electron chi connectivity index (χ3n) is 3.32. The standard InChI is InChI=1S/C15H19NO5/c17-14(16-8-4-7-13(16)15(18)19)11-20-9-10-21-12-5-2-1-3-6-12/h1-3,5-6,13H,4,7-11H2,(H,18,19)/t13-/m0/s1. The van der Waals surface area contributed by atoms with Gasteiger partial charge < -0.3 is 19.5 Å². The first-order valence-electron chi connectivity index (χ1n) is 6.96. The molecule has 1 atom stereocenters. The topological polar surface area (TPSA) is 76.1 Å². The van der Waals surface area contributed by atoms with Crippen molar-refractivity contribution in [3.05, 3.63) is 30.3 Å². The molecule has 21 heavy (non-hydrogen) atoms. The molecule has 1 amide bonds. The van der Waals surface area contributed by atoms with E-state index in [1.54, 1.807) is 0 Å². The van der Waals surface area contributed by atoms with E-state index >= 15 is 0 Å². The van der Waals surface area contributed by atoms with Crippen molar-refractivity contribution in [2.45, 2.75) is 18.9 Å². The highest BCUT2D eigenvalue weighted by atomic mass is 16.5. The van der Waals surface area contributed by atoms with Crippen LogP contribution in [0.3, 0.4) is 0 Å². The number of para-hydroxylation sites is 1. The number of carboxylic acids is 1. The van der Waals surface area contributed by atoms with E-state index in [1.165, 1.54) is 4.90 Å². The quantitative estimate of drug-likeness (QED) is 0.763. The Kier molecular flexibility index (Phi) is 5.57. The third kappa shape index (κ3) is 4.46. The van der Waals surface area contributed by atoms with Crippen LogP contribution in [0.2, 0.25) is 0 Å². The van der Waals surface area contributed by atoms with Crippen LogP contribution in [0.25, 0.3) is 0 Å². The maximum absolute atomic E-state index is 11.9. The molecular formula is C15H19NO5. The molecule has 0 spiro atoms. The molecule has 6 nitrogen and oxygen atoms in total. The maximum Gasteiger partial charge on any atom is 0.326 e. The summed E-state index contributed by atoms with van der Waals surface area (Å²) in [6.45, 7) is 1.01. The molecule has 0 radical (unpaired) electrons. The van der Waals surface area contributed by atoms with Crippen LogP contribution in [-0.4, -0.2) is 54.3 Å². The van der Waals surface area contributed by atoms with Crippen molar-refractivity contribution in [3.8, 4) is 5.75 Å². The molecule has 0 bridgehead atoms. The van der Waals surface area contributed by atoms with Gasteiger partial charge in [-0.25, -0.2) is 4.79 Å². The van der Waals surface area contributed by atoms with Crippen molar-refractivity contribution >= 4 is 11.9 Å². The monoisotopic (exact) mass is 293 g/mol. The van der Waals surface area contributed by atoms with E-state index in [0.29, 0.717) is 19.6 Å². The Morgan fingerprint density at radius 3 is 2.71 bits per heavy atom. The molecule has 1 heterocycles. The molecule has 1 N–H and O–H groups in total. The fourth-order valence-electron chi connectivity index (χ4n) is 2.30. The second-order valence-corrected chi connectivity index (χ2v) is 4.80. The number of ether oxygens (including phenoxy) is 2. The molecule has 0 saturated carbocycles. The lowest BCUT2D eigenvalue weighted by molar-refractivity contribution is -0.150. The summed E-state index contributed by atoms with van der Waals surface area (Å²) < 4.78 is 10.7. The van der Waals surface area contributed by atoms with Gasteiger partial charge in [0.2, 0.25) is 5.91 Å². The smallest absolute Gasteiger partial charge is 0.326 e. The molecular weight excluding hydrogens is 274 g/mol. The van der Waals surface area contributed by atoms with Crippen molar-refractivity contribution < 1.29 is 24.2 Å². The van der Waals surface area contributed by atoms with Gasteiger partial charge in [0.1, 0.15) is 25.0 Å². The van der Waals surface area contributed by atoms with Crippen molar-refractivity contribution in [2.75, 3.05) is 26.4 Å². The second kappa shape index (κ2) is 7.64. The fraction of sp³-hybridized carbons (Fsp3) is 0.467. The zero-order valence-corrected chi connectivity index (χ0v) is 11.7. The summed E-state index contributed by atoms with van der Waals surface area (Å²) in [5.41, 5.74) is 0. The van der Waals surface area contributed by atoms with Crippen molar-refractivity contribution in [3.63, 3.8) is 0 Å². The summed E-state index contributed by atoms with van der Waals surface area (Å²) in [5, 5.41) is 9.01. The van der Waals surface area contributed by atoms with Gasteiger partial charge in [0.25, 0.3) is 0 Å². The summed E-state index contributed by atoms with van der Waals surface area (Å²) in [4.78, 5) is 24.3. The Morgan fingerprint density at radius 1 is 1.24 bits per heavy atom. The lowest BCUT2D eigenvalue weighted by Crippen LogP contribution is -2.42. The van der Waals surface area contributed by atoms with Crippen molar-refractivity contribution in [2.24, 2.45) is 0 Å². The number of benzene rings is 1. The number of rotatable bonds is 7. The fourth-order valence-corrected chi connectivity index (χ4v) is 2.30.